The van der Waals surface area contributed by atoms with Crippen LogP contribution in [0.4, 0.5) is 0 Å². The van der Waals surface area contributed by atoms with Gasteiger partial charge in [0.25, 0.3) is 0 Å². The van der Waals surface area contributed by atoms with Crippen LogP contribution >= 0.6 is 23.2 Å². The van der Waals surface area contributed by atoms with E-state index >= 15 is 0 Å². The molecule has 1 saturated heterocycles. The Morgan fingerprint density at radius 3 is 1.90 bits per heavy atom. The molecule has 1 aliphatic heterocycles. The monoisotopic (exact) mass is 691 g/mol. The maximum absolute atomic E-state index is 11.5. The lowest BCUT2D eigenvalue weighted by Gasteiger charge is -2.42. The van der Waals surface area contributed by atoms with Gasteiger partial charge in [0.2, 0.25) is 17.7 Å². The molecule has 1 saturated carbocycles. The molecule has 11 nitrogen and oxygen atoms in total. The molecule has 0 bridgehead atoms. The summed E-state index contributed by atoms with van der Waals surface area (Å²) in [7, 11) is 4.88. The van der Waals surface area contributed by atoms with Gasteiger partial charge in [0.05, 0.1) is 54.7 Å². The van der Waals surface area contributed by atoms with Crippen LogP contribution in [0.2, 0.25) is 10.0 Å². The Hall–Kier alpha value is -3.87. The molecule has 2 aromatic carbocycles. The van der Waals surface area contributed by atoms with Crippen LogP contribution in [0.15, 0.2) is 48.8 Å². The summed E-state index contributed by atoms with van der Waals surface area (Å²) in [5, 5.41) is 10.8. The quantitative estimate of drug-likeness (QED) is 0.153. The fourth-order valence-corrected chi connectivity index (χ4v) is 6.87. The van der Waals surface area contributed by atoms with Crippen molar-refractivity contribution < 1.29 is 19.0 Å². The molecular formula is C35H39Cl2N7O4. The second-order valence-corrected chi connectivity index (χ2v) is 12.9. The fourth-order valence-electron chi connectivity index (χ4n) is 6.22. The second kappa shape index (κ2) is 15.1. The smallest absolute Gasteiger partial charge is 0.237 e. The average Bonchev–Trinajstić information content (AvgIpc) is 3.51. The van der Waals surface area contributed by atoms with Gasteiger partial charge in [-0.3, -0.25) is 14.8 Å². The highest BCUT2D eigenvalue weighted by Gasteiger charge is 2.36. The van der Waals surface area contributed by atoms with Gasteiger partial charge in [-0.2, -0.15) is 0 Å². The van der Waals surface area contributed by atoms with E-state index in [-0.39, 0.29) is 17.5 Å². The number of carbonyl (C=O) groups excluding carboxylic acids is 1. The molecule has 0 spiro atoms. The largest absolute Gasteiger partial charge is 0.480 e. The van der Waals surface area contributed by atoms with E-state index in [0.717, 1.165) is 30.4 Å². The Morgan fingerprint density at radius 1 is 0.854 bits per heavy atom. The third kappa shape index (κ3) is 7.25. The normalized spacial score (nSPS) is 16.8. The number of nitrogens with one attached hydrogen (secondary N) is 3. The zero-order valence-electron chi connectivity index (χ0n) is 27.2. The minimum absolute atomic E-state index is 0.0301. The van der Waals surface area contributed by atoms with E-state index in [1.807, 2.05) is 36.4 Å². The Labute approximate surface area is 290 Å². The van der Waals surface area contributed by atoms with Crippen LogP contribution in [0.5, 0.6) is 11.8 Å². The van der Waals surface area contributed by atoms with Gasteiger partial charge in [0.1, 0.15) is 11.4 Å². The third-order valence-electron chi connectivity index (χ3n) is 8.98. The van der Waals surface area contributed by atoms with Gasteiger partial charge < -0.3 is 30.2 Å². The number of methoxy groups -OCH3 is 3. The van der Waals surface area contributed by atoms with Crippen LogP contribution in [-0.2, 0) is 22.6 Å². The summed E-state index contributed by atoms with van der Waals surface area (Å²) in [5.41, 5.74) is 5.34. The van der Waals surface area contributed by atoms with Crippen molar-refractivity contribution in [2.75, 3.05) is 34.5 Å². The van der Waals surface area contributed by atoms with Crippen molar-refractivity contribution in [1.82, 2.24) is 35.9 Å². The lowest BCUT2D eigenvalue weighted by molar-refractivity contribution is -0.119. The molecule has 6 rings (SSSR count). The van der Waals surface area contributed by atoms with E-state index in [1.165, 1.54) is 6.42 Å². The number of amides is 1. The zero-order valence-corrected chi connectivity index (χ0v) is 28.7. The molecule has 3 heterocycles. The van der Waals surface area contributed by atoms with Crippen molar-refractivity contribution in [2.45, 2.75) is 56.8 Å². The lowest BCUT2D eigenvalue weighted by Crippen LogP contribution is -2.54. The summed E-state index contributed by atoms with van der Waals surface area (Å²) in [6.07, 6.45) is 8.07. The molecule has 48 heavy (non-hydrogen) atoms. The first-order chi connectivity index (χ1) is 23.3. The summed E-state index contributed by atoms with van der Waals surface area (Å²) in [4.78, 5) is 30.3. The van der Waals surface area contributed by atoms with Gasteiger partial charge in [0, 0.05) is 67.0 Å². The van der Waals surface area contributed by atoms with Crippen molar-refractivity contribution in [3.8, 4) is 45.4 Å². The molecule has 0 radical (unpaired) electrons. The number of hydrogen-bond acceptors (Lipinski definition) is 10. The molecule has 3 N–H and O–H groups in total. The van der Waals surface area contributed by atoms with Crippen molar-refractivity contribution >= 4 is 29.1 Å². The molecule has 2 fully saturated rings. The Balaban J connectivity index is 1.23. The van der Waals surface area contributed by atoms with Crippen molar-refractivity contribution in [3.05, 3.63) is 70.2 Å². The molecule has 1 aliphatic carbocycles. The number of nitrogens with zero attached hydrogens (tertiary/aromatic N) is 4. The minimum atomic E-state index is -0.0301. The van der Waals surface area contributed by atoms with Crippen LogP contribution in [-0.4, -0.2) is 71.9 Å². The van der Waals surface area contributed by atoms with E-state index in [9.17, 15) is 4.79 Å². The summed E-state index contributed by atoms with van der Waals surface area (Å²) in [6.45, 7) is 2.25. The number of ether oxygens (including phenoxy) is 3. The maximum Gasteiger partial charge on any atom is 0.237 e. The minimum Gasteiger partial charge on any atom is -0.480 e. The van der Waals surface area contributed by atoms with E-state index in [0.29, 0.717) is 88.4 Å². The maximum atomic E-state index is 11.5. The topological polar surface area (TPSA) is 132 Å². The van der Waals surface area contributed by atoms with Crippen molar-refractivity contribution in [3.63, 3.8) is 0 Å². The van der Waals surface area contributed by atoms with Crippen LogP contribution in [0, 0.1) is 0 Å². The van der Waals surface area contributed by atoms with E-state index in [4.69, 9.17) is 52.4 Å². The molecule has 2 aliphatic rings. The number of halogens is 2. The first kappa shape index (κ1) is 34.0. The lowest BCUT2D eigenvalue weighted by atomic mass is 9.77. The SMILES string of the molecule is COCC1(NCc2ncc(-c3cccc(-c4cccc(-c5cnc(CNC[C@@H]6CCC(=O)N6)c(OC)n5)c4Cl)c3Cl)nc2OC)CCC1. The van der Waals surface area contributed by atoms with E-state index < -0.39 is 0 Å². The van der Waals surface area contributed by atoms with Gasteiger partial charge in [-0.15, -0.1) is 0 Å². The zero-order chi connectivity index (χ0) is 33.7. The van der Waals surface area contributed by atoms with Gasteiger partial charge >= 0.3 is 0 Å². The number of benzene rings is 2. The molecule has 1 amide bonds. The van der Waals surface area contributed by atoms with Gasteiger partial charge in [-0.05, 0) is 25.7 Å². The molecule has 1 atom stereocenters. The standard InChI is InChI=1S/C35H39Cl2N7O4/c1-46-20-35(13-6-14-35)41-19-29-34(48-3)44-27(18-40-29)25-10-5-8-23(32(25)37)22-7-4-9-24(31(22)36)26-17-39-28(33(43-26)47-2)16-38-15-21-11-12-30(45)42-21/h4-5,7-10,17-18,21,38,41H,6,11-16,19-20H2,1-3H3,(H,42,45)/t21-/m0/s1. The molecule has 0 unspecified atom stereocenters. The van der Waals surface area contributed by atoms with Gasteiger partial charge in [-0.25, -0.2) is 9.97 Å². The first-order valence-electron chi connectivity index (χ1n) is 16.0. The number of carbonyl (C=O) groups is 1. The van der Waals surface area contributed by atoms with Crippen LogP contribution in [0.1, 0.15) is 43.5 Å². The third-order valence-corrected chi connectivity index (χ3v) is 9.79. The van der Waals surface area contributed by atoms with E-state index in [2.05, 4.69) is 20.9 Å². The summed E-state index contributed by atoms with van der Waals surface area (Å²) in [5.74, 6) is 0.914. The highest BCUT2D eigenvalue weighted by molar-refractivity contribution is 6.39. The molecule has 2 aromatic heterocycles. The van der Waals surface area contributed by atoms with E-state index in [1.54, 1.807) is 33.7 Å². The molecular weight excluding hydrogens is 653 g/mol. The molecule has 13 heteroatoms. The molecule has 4 aromatic rings. The predicted molar refractivity (Wildman–Crippen MR) is 185 cm³/mol. The summed E-state index contributed by atoms with van der Waals surface area (Å²) >= 11 is 14.1. The summed E-state index contributed by atoms with van der Waals surface area (Å²) in [6, 6.07) is 11.6. The highest BCUT2D eigenvalue weighted by atomic mass is 35.5. The predicted octanol–water partition coefficient (Wildman–Crippen LogP) is 5.62. The van der Waals surface area contributed by atoms with Gasteiger partial charge in [-0.1, -0.05) is 59.6 Å². The second-order valence-electron chi connectivity index (χ2n) is 12.1. The number of hydrogen-bond donors (Lipinski definition) is 3. The van der Waals surface area contributed by atoms with Crippen LogP contribution < -0.4 is 25.4 Å². The Kier molecular flexibility index (Phi) is 10.7. The van der Waals surface area contributed by atoms with Crippen LogP contribution in [0.25, 0.3) is 33.6 Å². The van der Waals surface area contributed by atoms with Gasteiger partial charge in [0.15, 0.2) is 0 Å². The fraction of sp³-hybridized carbons (Fsp3) is 0.400. The van der Waals surface area contributed by atoms with Crippen molar-refractivity contribution in [2.24, 2.45) is 0 Å². The number of aromatic nitrogens is 4. The summed E-state index contributed by atoms with van der Waals surface area (Å²) < 4.78 is 16.7. The van der Waals surface area contributed by atoms with Crippen molar-refractivity contribution in [1.29, 1.82) is 0 Å². The first-order valence-corrected chi connectivity index (χ1v) is 16.7. The highest BCUT2D eigenvalue weighted by Crippen LogP contribution is 2.42. The Morgan fingerprint density at radius 2 is 1.42 bits per heavy atom. The Bertz CT molecular complexity index is 1790. The number of rotatable bonds is 14. The average molecular weight is 693 g/mol. The van der Waals surface area contributed by atoms with Crippen LogP contribution in [0.3, 0.4) is 0 Å². The molecule has 252 valence electrons.